The predicted octanol–water partition coefficient (Wildman–Crippen LogP) is 1.43. The summed E-state index contributed by atoms with van der Waals surface area (Å²) in [7, 11) is 0. The summed E-state index contributed by atoms with van der Waals surface area (Å²) in [5.41, 5.74) is 2.23. The van der Waals surface area contributed by atoms with Crippen LogP contribution in [0.3, 0.4) is 0 Å². The van der Waals surface area contributed by atoms with Crippen LogP contribution in [0, 0.1) is 6.92 Å². The number of rotatable bonds is 6. The molecule has 3 heteroatoms. The second-order valence-electron chi connectivity index (χ2n) is 3.94. The molecule has 0 unspecified atom stereocenters. The van der Waals surface area contributed by atoms with E-state index >= 15 is 0 Å². The number of aliphatic hydroxyl groups excluding tert-OH is 1. The van der Waals surface area contributed by atoms with Gasteiger partial charge < -0.3 is 10.4 Å². The van der Waals surface area contributed by atoms with E-state index in [1.807, 2.05) is 31.2 Å². The molecule has 0 aliphatic heterocycles. The molecule has 0 spiro atoms. The van der Waals surface area contributed by atoms with Crippen LogP contribution >= 0.6 is 0 Å². The van der Waals surface area contributed by atoms with Gasteiger partial charge in [-0.3, -0.25) is 4.79 Å². The fourth-order valence-electron chi connectivity index (χ4n) is 1.42. The van der Waals surface area contributed by atoms with Gasteiger partial charge in [0.2, 0.25) is 5.91 Å². The van der Waals surface area contributed by atoms with Crippen LogP contribution in [0.15, 0.2) is 24.3 Å². The quantitative estimate of drug-likeness (QED) is 0.714. The summed E-state index contributed by atoms with van der Waals surface area (Å²) in [4.78, 5) is 11.5. The van der Waals surface area contributed by atoms with Crippen molar-refractivity contribution in [1.29, 1.82) is 0 Å². The lowest BCUT2D eigenvalue weighted by Crippen LogP contribution is -2.26. The first-order valence-electron chi connectivity index (χ1n) is 5.65. The number of amides is 1. The monoisotopic (exact) mass is 221 g/mol. The van der Waals surface area contributed by atoms with Gasteiger partial charge in [-0.25, -0.2) is 0 Å². The van der Waals surface area contributed by atoms with E-state index < -0.39 is 0 Å². The van der Waals surface area contributed by atoms with Gasteiger partial charge in [0.15, 0.2) is 0 Å². The predicted molar refractivity (Wildman–Crippen MR) is 64.2 cm³/mol. The lowest BCUT2D eigenvalue weighted by Gasteiger charge is -2.04. The van der Waals surface area contributed by atoms with Gasteiger partial charge in [0.05, 0.1) is 6.42 Å². The third-order valence-corrected chi connectivity index (χ3v) is 2.39. The van der Waals surface area contributed by atoms with Crippen molar-refractivity contribution in [3.63, 3.8) is 0 Å². The van der Waals surface area contributed by atoms with E-state index in [9.17, 15) is 4.79 Å². The van der Waals surface area contributed by atoms with Gasteiger partial charge in [-0.05, 0) is 25.3 Å². The SMILES string of the molecule is Cc1ccc(CC(=O)NCCCCO)cc1. The fourth-order valence-corrected chi connectivity index (χ4v) is 1.42. The Morgan fingerprint density at radius 3 is 2.56 bits per heavy atom. The molecule has 1 aromatic carbocycles. The summed E-state index contributed by atoms with van der Waals surface area (Å²) in [5.74, 6) is 0.0433. The Bertz CT molecular complexity index is 319. The molecule has 1 rings (SSSR count). The molecule has 16 heavy (non-hydrogen) atoms. The second kappa shape index (κ2) is 7.01. The lowest BCUT2D eigenvalue weighted by atomic mass is 10.1. The first-order valence-corrected chi connectivity index (χ1v) is 5.65. The highest BCUT2D eigenvalue weighted by molar-refractivity contribution is 5.78. The van der Waals surface area contributed by atoms with Crippen molar-refractivity contribution in [1.82, 2.24) is 5.32 Å². The summed E-state index contributed by atoms with van der Waals surface area (Å²) in [6.07, 6.45) is 2.00. The Balaban J connectivity index is 2.26. The number of unbranched alkanes of at least 4 members (excludes halogenated alkanes) is 1. The summed E-state index contributed by atoms with van der Waals surface area (Å²) in [6, 6.07) is 7.97. The zero-order valence-corrected chi connectivity index (χ0v) is 9.70. The molecule has 0 aromatic heterocycles. The van der Waals surface area contributed by atoms with E-state index in [4.69, 9.17) is 5.11 Å². The number of carbonyl (C=O) groups is 1. The first-order chi connectivity index (χ1) is 7.72. The minimum Gasteiger partial charge on any atom is -0.396 e. The number of nitrogens with one attached hydrogen (secondary N) is 1. The normalized spacial score (nSPS) is 10.1. The minimum absolute atomic E-state index is 0.0433. The van der Waals surface area contributed by atoms with Gasteiger partial charge in [-0.1, -0.05) is 29.8 Å². The van der Waals surface area contributed by atoms with Crippen molar-refractivity contribution in [3.05, 3.63) is 35.4 Å². The molecule has 0 bridgehead atoms. The van der Waals surface area contributed by atoms with Crippen LogP contribution in [0.4, 0.5) is 0 Å². The number of hydrogen-bond donors (Lipinski definition) is 2. The third kappa shape index (κ3) is 4.94. The second-order valence-corrected chi connectivity index (χ2v) is 3.94. The number of hydrogen-bond acceptors (Lipinski definition) is 2. The summed E-state index contributed by atoms with van der Waals surface area (Å²) in [5, 5.41) is 11.4. The zero-order chi connectivity index (χ0) is 11.8. The Labute approximate surface area is 96.5 Å². The summed E-state index contributed by atoms with van der Waals surface area (Å²) >= 11 is 0. The molecule has 0 saturated heterocycles. The molecule has 2 N–H and O–H groups in total. The molecule has 88 valence electrons. The smallest absolute Gasteiger partial charge is 0.224 e. The standard InChI is InChI=1S/C13H19NO2/c1-11-4-6-12(7-5-11)10-13(16)14-8-2-3-9-15/h4-7,15H,2-3,8-10H2,1H3,(H,14,16). The number of aliphatic hydroxyl groups is 1. The Morgan fingerprint density at radius 2 is 1.94 bits per heavy atom. The number of benzene rings is 1. The van der Waals surface area contributed by atoms with E-state index in [1.165, 1.54) is 5.56 Å². The maximum Gasteiger partial charge on any atom is 0.224 e. The van der Waals surface area contributed by atoms with Crippen molar-refractivity contribution in [2.24, 2.45) is 0 Å². The van der Waals surface area contributed by atoms with Crippen LogP contribution < -0.4 is 5.32 Å². The van der Waals surface area contributed by atoms with Gasteiger partial charge in [-0.15, -0.1) is 0 Å². The van der Waals surface area contributed by atoms with Crippen molar-refractivity contribution in [2.75, 3.05) is 13.2 Å². The van der Waals surface area contributed by atoms with Crippen LogP contribution in [-0.2, 0) is 11.2 Å². The van der Waals surface area contributed by atoms with E-state index in [-0.39, 0.29) is 12.5 Å². The van der Waals surface area contributed by atoms with Crippen LogP contribution in [0.1, 0.15) is 24.0 Å². The van der Waals surface area contributed by atoms with Crippen molar-refractivity contribution >= 4 is 5.91 Å². The number of carbonyl (C=O) groups excluding carboxylic acids is 1. The summed E-state index contributed by atoms with van der Waals surface area (Å²) in [6.45, 7) is 2.86. The highest BCUT2D eigenvalue weighted by Gasteiger charge is 2.01. The Morgan fingerprint density at radius 1 is 1.25 bits per heavy atom. The van der Waals surface area contributed by atoms with Gasteiger partial charge >= 0.3 is 0 Å². The van der Waals surface area contributed by atoms with Gasteiger partial charge in [0.25, 0.3) is 0 Å². The van der Waals surface area contributed by atoms with Crippen LogP contribution in [0.5, 0.6) is 0 Å². The van der Waals surface area contributed by atoms with Crippen LogP contribution in [0.2, 0.25) is 0 Å². The van der Waals surface area contributed by atoms with Crippen LogP contribution in [0.25, 0.3) is 0 Å². The third-order valence-electron chi connectivity index (χ3n) is 2.39. The Hall–Kier alpha value is -1.35. The molecule has 1 aromatic rings. The van der Waals surface area contributed by atoms with E-state index in [0.717, 1.165) is 18.4 Å². The molecule has 1 amide bonds. The molecule has 0 saturated carbocycles. The molecule has 0 aliphatic rings. The minimum atomic E-state index is 0.0433. The van der Waals surface area contributed by atoms with E-state index in [0.29, 0.717) is 13.0 Å². The molecule has 0 heterocycles. The molecule has 3 nitrogen and oxygen atoms in total. The maximum atomic E-state index is 11.5. The average molecular weight is 221 g/mol. The first kappa shape index (κ1) is 12.7. The van der Waals surface area contributed by atoms with Crippen molar-refractivity contribution < 1.29 is 9.90 Å². The van der Waals surface area contributed by atoms with Crippen molar-refractivity contribution in [3.8, 4) is 0 Å². The number of aryl methyl sites for hydroxylation is 1. The fraction of sp³-hybridized carbons (Fsp3) is 0.462. The molecular weight excluding hydrogens is 202 g/mol. The molecular formula is C13H19NO2. The lowest BCUT2D eigenvalue weighted by molar-refractivity contribution is -0.120. The highest BCUT2D eigenvalue weighted by atomic mass is 16.2. The highest BCUT2D eigenvalue weighted by Crippen LogP contribution is 2.03. The van der Waals surface area contributed by atoms with Gasteiger partial charge in [0, 0.05) is 13.2 Å². The Kier molecular flexibility index (Phi) is 5.57. The largest absolute Gasteiger partial charge is 0.396 e. The average Bonchev–Trinajstić information content (AvgIpc) is 2.28. The molecule has 0 fully saturated rings. The van der Waals surface area contributed by atoms with Crippen LogP contribution in [-0.4, -0.2) is 24.2 Å². The molecule has 0 radical (unpaired) electrons. The van der Waals surface area contributed by atoms with E-state index in [1.54, 1.807) is 0 Å². The van der Waals surface area contributed by atoms with Crippen molar-refractivity contribution in [2.45, 2.75) is 26.2 Å². The zero-order valence-electron chi connectivity index (χ0n) is 9.70. The summed E-state index contributed by atoms with van der Waals surface area (Å²) < 4.78 is 0. The topological polar surface area (TPSA) is 49.3 Å². The van der Waals surface area contributed by atoms with Gasteiger partial charge in [0.1, 0.15) is 0 Å². The molecule has 0 atom stereocenters. The van der Waals surface area contributed by atoms with Gasteiger partial charge in [-0.2, -0.15) is 0 Å². The van der Waals surface area contributed by atoms with E-state index in [2.05, 4.69) is 5.32 Å². The maximum absolute atomic E-state index is 11.5. The molecule has 0 aliphatic carbocycles.